The number of hydrogen-bond donors (Lipinski definition) is 1. The molecular weight excluding hydrogens is 314 g/mol. The molecule has 1 amide bonds. The van der Waals surface area contributed by atoms with E-state index >= 15 is 0 Å². The number of aromatic nitrogens is 2. The SMILES string of the molecule is CN1C(=O)OC(C)(C)c2cc3[nH]c(CCc4ccccc4)nc3cc21. The highest BCUT2D eigenvalue weighted by Crippen LogP contribution is 2.40. The number of fused-ring (bicyclic) bond motifs is 2. The summed E-state index contributed by atoms with van der Waals surface area (Å²) in [6.07, 6.45) is 1.45. The van der Waals surface area contributed by atoms with Gasteiger partial charge in [-0.2, -0.15) is 0 Å². The fourth-order valence-electron chi connectivity index (χ4n) is 3.32. The number of carbonyl (C=O) groups is 1. The van der Waals surface area contributed by atoms with E-state index in [2.05, 4.69) is 29.2 Å². The van der Waals surface area contributed by atoms with Crippen LogP contribution in [0.3, 0.4) is 0 Å². The molecule has 25 heavy (non-hydrogen) atoms. The van der Waals surface area contributed by atoms with Crippen molar-refractivity contribution in [1.82, 2.24) is 9.97 Å². The van der Waals surface area contributed by atoms with Crippen molar-refractivity contribution in [1.29, 1.82) is 0 Å². The number of aryl methyl sites for hydroxylation is 2. The normalized spacial score (nSPS) is 16.0. The Morgan fingerprint density at radius 1 is 1.16 bits per heavy atom. The minimum absolute atomic E-state index is 0.336. The minimum atomic E-state index is -0.650. The molecule has 3 aromatic rings. The Morgan fingerprint density at radius 3 is 2.68 bits per heavy atom. The highest BCUT2D eigenvalue weighted by atomic mass is 16.6. The Balaban J connectivity index is 1.69. The van der Waals surface area contributed by atoms with Crippen molar-refractivity contribution in [2.24, 2.45) is 0 Å². The van der Waals surface area contributed by atoms with Crippen molar-refractivity contribution < 1.29 is 9.53 Å². The van der Waals surface area contributed by atoms with Crippen molar-refractivity contribution >= 4 is 22.8 Å². The molecule has 0 saturated heterocycles. The van der Waals surface area contributed by atoms with Gasteiger partial charge in [0, 0.05) is 19.0 Å². The molecule has 1 aliphatic heterocycles. The third-order valence-corrected chi connectivity index (χ3v) is 4.77. The first-order valence-electron chi connectivity index (χ1n) is 8.48. The van der Waals surface area contributed by atoms with Crippen molar-refractivity contribution in [3.05, 3.63) is 59.4 Å². The number of hydrogen-bond acceptors (Lipinski definition) is 3. The summed E-state index contributed by atoms with van der Waals surface area (Å²) in [5.74, 6) is 0.953. The molecule has 2 aromatic carbocycles. The molecule has 4 rings (SSSR count). The number of cyclic esters (lactones) is 1. The van der Waals surface area contributed by atoms with Gasteiger partial charge in [0.1, 0.15) is 11.4 Å². The van der Waals surface area contributed by atoms with E-state index in [0.717, 1.165) is 41.0 Å². The molecule has 2 heterocycles. The molecule has 1 aromatic heterocycles. The van der Waals surface area contributed by atoms with E-state index in [9.17, 15) is 4.79 Å². The summed E-state index contributed by atoms with van der Waals surface area (Å²) < 4.78 is 5.53. The zero-order valence-corrected chi connectivity index (χ0v) is 14.7. The highest BCUT2D eigenvalue weighted by molar-refractivity contribution is 5.94. The second kappa shape index (κ2) is 5.62. The summed E-state index contributed by atoms with van der Waals surface area (Å²) >= 11 is 0. The van der Waals surface area contributed by atoms with E-state index in [1.165, 1.54) is 5.56 Å². The summed E-state index contributed by atoms with van der Waals surface area (Å²) in [5, 5.41) is 0. The first kappa shape index (κ1) is 15.7. The second-order valence-electron chi connectivity index (χ2n) is 6.99. The Labute approximate surface area is 146 Å². The Kier molecular flexibility index (Phi) is 3.53. The molecule has 0 radical (unpaired) electrons. The van der Waals surface area contributed by atoms with Gasteiger partial charge in [0.15, 0.2) is 0 Å². The van der Waals surface area contributed by atoms with Gasteiger partial charge < -0.3 is 9.72 Å². The lowest BCUT2D eigenvalue weighted by Gasteiger charge is -2.36. The molecule has 1 N–H and O–H groups in total. The fraction of sp³-hybridized carbons (Fsp3) is 0.300. The van der Waals surface area contributed by atoms with Gasteiger partial charge in [-0.15, -0.1) is 0 Å². The molecule has 0 unspecified atom stereocenters. The predicted molar refractivity (Wildman–Crippen MR) is 97.9 cm³/mol. The first-order valence-corrected chi connectivity index (χ1v) is 8.48. The lowest BCUT2D eigenvalue weighted by molar-refractivity contribution is 0.0363. The molecule has 5 nitrogen and oxygen atoms in total. The fourth-order valence-corrected chi connectivity index (χ4v) is 3.32. The summed E-state index contributed by atoms with van der Waals surface area (Å²) in [5.41, 5.74) is 4.33. The maximum Gasteiger partial charge on any atom is 0.414 e. The molecular formula is C20H21N3O2. The molecule has 0 aliphatic carbocycles. The molecule has 0 atom stereocenters. The summed E-state index contributed by atoms with van der Waals surface area (Å²) in [6.45, 7) is 3.82. The zero-order valence-electron chi connectivity index (χ0n) is 14.7. The minimum Gasteiger partial charge on any atom is -0.438 e. The number of nitrogens with one attached hydrogen (secondary N) is 1. The highest BCUT2D eigenvalue weighted by Gasteiger charge is 2.37. The molecule has 0 fully saturated rings. The van der Waals surface area contributed by atoms with Crippen LogP contribution in [-0.2, 0) is 23.2 Å². The second-order valence-corrected chi connectivity index (χ2v) is 6.99. The van der Waals surface area contributed by atoms with Gasteiger partial charge in [0.2, 0.25) is 0 Å². The standard InChI is InChI=1S/C20H21N3O2/c1-20(2)14-11-15-16(12-17(14)23(3)19(24)25-20)22-18(21-15)10-9-13-7-5-4-6-8-13/h4-8,11-12H,9-10H2,1-3H3,(H,21,22). The third kappa shape index (κ3) is 2.76. The van der Waals surface area contributed by atoms with Gasteiger partial charge in [-0.25, -0.2) is 9.78 Å². The van der Waals surface area contributed by atoms with Crippen LogP contribution < -0.4 is 4.90 Å². The molecule has 128 valence electrons. The average Bonchev–Trinajstić information content (AvgIpc) is 2.99. The predicted octanol–water partition coefficient (Wildman–Crippen LogP) is 4.17. The van der Waals surface area contributed by atoms with Crippen LogP contribution in [-0.4, -0.2) is 23.1 Å². The van der Waals surface area contributed by atoms with Gasteiger partial charge in [-0.1, -0.05) is 30.3 Å². The number of nitrogens with zero attached hydrogens (tertiary/aromatic N) is 2. The quantitative estimate of drug-likeness (QED) is 0.781. The lowest BCUT2D eigenvalue weighted by atomic mass is 9.94. The van der Waals surface area contributed by atoms with E-state index in [-0.39, 0.29) is 6.09 Å². The van der Waals surface area contributed by atoms with Gasteiger partial charge in [-0.05, 0) is 38.0 Å². The monoisotopic (exact) mass is 335 g/mol. The van der Waals surface area contributed by atoms with Gasteiger partial charge in [0.25, 0.3) is 0 Å². The number of amides is 1. The summed E-state index contributed by atoms with van der Waals surface area (Å²) in [4.78, 5) is 21.7. The maximum atomic E-state index is 12.0. The molecule has 0 bridgehead atoms. The van der Waals surface area contributed by atoms with E-state index in [1.54, 1.807) is 11.9 Å². The number of aromatic amines is 1. The van der Waals surface area contributed by atoms with E-state index in [1.807, 2.05) is 32.0 Å². The smallest absolute Gasteiger partial charge is 0.414 e. The van der Waals surface area contributed by atoms with E-state index in [4.69, 9.17) is 9.72 Å². The molecule has 0 saturated carbocycles. The Hall–Kier alpha value is -2.82. The van der Waals surface area contributed by atoms with Crippen LogP contribution in [0.15, 0.2) is 42.5 Å². The third-order valence-electron chi connectivity index (χ3n) is 4.77. The van der Waals surface area contributed by atoms with E-state index < -0.39 is 5.60 Å². The number of ether oxygens (including phenoxy) is 1. The summed E-state index contributed by atoms with van der Waals surface area (Å²) in [7, 11) is 1.73. The number of anilines is 1. The molecule has 1 aliphatic rings. The Morgan fingerprint density at radius 2 is 1.92 bits per heavy atom. The number of rotatable bonds is 3. The van der Waals surface area contributed by atoms with E-state index in [0.29, 0.717) is 0 Å². The largest absolute Gasteiger partial charge is 0.438 e. The topological polar surface area (TPSA) is 58.2 Å². The van der Waals surface area contributed by atoms with Gasteiger partial charge in [-0.3, -0.25) is 4.90 Å². The summed E-state index contributed by atoms with van der Waals surface area (Å²) in [6, 6.07) is 14.4. The molecule has 5 heteroatoms. The van der Waals surface area contributed by atoms with Crippen LogP contribution in [0, 0.1) is 0 Å². The Bertz CT molecular complexity index is 944. The molecule has 0 spiro atoms. The van der Waals surface area contributed by atoms with Gasteiger partial charge >= 0.3 is 6.09 Å². The van der Waals surface area contributed by atoms with Crippen LogP contribution >= 0.6 is 0 Å². The van der Waals surface area contributed by atoms with Crippen molar-refractivity contribution in [2.45, 2.75) is 32.3 Å². The van der Waals surface area contributed by atoms with Crippen molar-refractivity contribution in [2.75, 3.05) is 11.9 Å². The van der Waals surface area contributed by atoms with Crippen LogP contribution in [0.2, 0.25) is 0 Å². The average molecular weight is 335 g/mol. The zero-order chi connectivity index (χ0) is 17.6. The number of benzene rings is 2. The number of carbonyl (C=O) groups excluding carboxylic acids is 1. The number of H-pyrrole nitrogens is 1. The van der Waals surface area contributed by atoms with Gasteiger partial charge in [0.05, 0.1) is 16.7 Å². The lowest BCUT2D eigenvalue weighted by Crippen LogP contribution is -2.41. The first-order chi connectivity index (χ1) is 11.9. The number of imidazole rings is 1. The van der Waals surface area contributed by atoms with Crippen LogP contribution in [0.4, 0.5) is 10.5 Å². The van der Waals surface area contributed by atoms with Crippen molar-refractivity contribution in [3.63, 3.8) is 0 Å². The van der Waals surface area contributed by atoms with Crippen LogP contribution in [0.1, 0.15) is 30.8 Å². The van der Waals surface area contributed by atoms with Crippen LogP contribution in [0.25, 0.3) is 11.0 Å². The van der Waals surface area contributed by atoms with Crippen molar-refractivity contribution in [3.8, 4) is 0 Å². The van der Waals surface area contributed by atoms with Crippen LogP contribution in [0.5, 0.6) is 0 Å². The maximum absolute atomic E-state index is 12.0.